The standard InChI is InChI=1S/C14H21FN2O3S/c1-9-13(15)6-11(16)7-14(9)21(19,20)17-8-10-3-2-4-12(18)5-10/h6-7,10,12,17-18H,2-5,8,16H2,1H3. The Labute approximate surface area is 124 Å². The summed E-state index contributed by atoms with van der Waals surface area (Å²) in [6.07, 6.45) is 2.76. The van der Waals surface area contributed by atoms with Crippen molar-refractivity contribution in [3.63, 3.8) is 0 Å². The van der Waals surface area contributed by atoms with Crippen molar-refractivity contribution in [3.05, 3.63) is 23.5 Å². The highest BCUT2D eigenvalue weighted by Gasteiger charge is 2.24. The number of nitrogen functional groups attached to an aromatic ring is 1. The van der Waals surface area contributed by atoms with Crippen LogP contribution in [0.15, 0.2) is 17.0 Å². The van der Waals surface area contributed by atoms with Gasteiger partial charge in [0.1, 0.15) is 5.82 Å². The molecule has 0 bridgehead atoms. The van der Waals surface area contributed by atoms with Gasteiger partial charge in [-0.3, -0.25) is 0 Å². The Morgan fingerprint density at radius 3 is 2.81 bits per heavy atom. The molecule has 0 amide bonds. The molecular formula is C14H21FN2O3S. The maximum absolute atomic E-state index is 13.6. The smallest absolute Gasteiger partial charge is 0.241 e. The molecule has 0 saturated heterocycles. The van der Waals surface area contributed by atoms with Gasteiger partial charge >= 0.3 is 0 Å². The molecule has 2 atom stereocenters. The minimum absolute atomic E-state index is 0.0559. The lowest BCUT2D eigenvalue weighted by Gasteiger charge is -2.26. The first-order chi connectivity index (χ1) is 9.79. The number of aliphatic hydroxyl groups excluding tert-OH is 1. The fourth-order valence-electron chi connectivity index (χ4n) is 2.71. The highest BCUT2D eigenvalue weighted by Crippen LogP contribution is 2.25. The summed E-state index contributed by atoms with van der Waals surface area (Å²) < 4.78 is 40.7. The van der Waals surface area contributed by atoms with E-state index in [1.165, 1.54) is 13.0 Å². The minimum Gasteiger partial charge on any atom is -0.399 e. The molecule has 2 rings (SSSR count). The zero-order valence-electron chi connectivity index (χ0n) is 12.0. The van der Waals surface area contributed by atoms with Gasteiger partial charge in [-0.05, 0) is 44.2 Å². The van der Waals surface area contributed by atoms with Crippen molar-refractivity contribution >= 4 is 15.7 Å². The Kier molecular flexibility index (Phi) is 4.85. The van der Waals surface area contributed by atoms with Crippen LogP contribution in [0.4, 0.5) is 10.1 Å². The van der Waals surface area contributed by atoms with Crippen molar-refractivity contribution in [2.75, 3.05) is 12.3 Å². The molecule has 1 saturated carbocycles. The lowest BCUT2D eigenvalue weighted by Crippen LogP contribution is -2.33. The van der Waals surface area contributed by atoms with Gasteiger partial charge in [0.15, 0.2) is 0 Å². The number of hydrogen-bond acceptors (Lipinski definition) is 4. The van der Waals surface area contributed by atoms with Crippen molar-refractivity contribution in [1.82, 2.24) is 4.72 Å². The first-order valence-corrected chi connectivity index (χ1v) is 8.51. The number of hydrogen-bond donors (Lipinski definition) is 3. The number of nitrogens with one attached hydrogen (secondary N) is 1. The first-order valence-electron chi connectivity index (χ1n) is 7.03. The fourth-order valence-corrected chi connectivity index (χ4v) is 4.11. The van der Waals surface area contributed by atoms with Gasteiger partial charge in [0.05, 0.1) is 11.0 Å². The fraction of sp³-hybridized carbons (Fsp3) is 0.571. The highest BCUT2D eigenvalue weighted by molar-refractivity contribution is 7.89. The number of nitrogens with two attached hydrogens (primary N) is 1. The Morgan fingerprint density at radius 1 is 1.43 bits per heavy atom. The van der Waals surface area contributed by atoms with Crippen molar-refractivity contribution in [1.29, 1.82) is 0 Å². The Hall–Kier alpha value is -1.18. The summed E-state index contributed by atoms with van der Waals surface area (Å²) in [6.45, 7) is 1.66. The van der Waals surface area contributed by atoms with Crippen LogP contribution in [0, 0.1) is 18.7 Å². The van der Waals surface area contributed by atoms with Crippen LogP contribution in [-0.4, -0.2) is 26.2 Å². The number of anilines is 1. The summed E-state index contributed by atoms with van der Waals surface area (Å²) >= 11 is 0. The molecule has 5 nitrogen and oxygen atoms in total. The molecule has 0 heterocycles. The Balaban J connectivity index is 2.12. The summed E-state index contributed by atoms with van der Waals surface area (Å²) in [7, 11) is -3.80. The molecule has 1 fully saturated rings. The van der Waals surface area contributed by atoms with Crippen molar-refractivity contribution in [3.8, 4) is 0 Å². The van der Waals surface area contributed by atoms with E-state index in [-0.39, 0.29) is 34.7 Å². The third kappa shape index (κ3) is 3.93. The van der Waals surface area contributed by atoms with Crippen LogP contribution in [0.3, 0.4) is 0 Å². The summed E-state index contributed by atoms with van der Waals surface area (Å²) in [5.41, 5.74) is 5.65. The largest absolute Gasteiger partial charge is 0.399 e. The van der Waals surface area contributed by atoms with Gasteiger partial charge in [-0.1, -0.05) is 6.42 Å². The van der Waals surface area contributed by atoms with Crippen LogP contribution < -0.4 is 10.5 Å². The maximum atomic E-state index is 13.6. The Morgan fingerprint density at radius 2 is 2.14 bits per heavy atom. The van der Waals surface area contributed by atoms with Crippen LogP contribution >= 0.6 is 0 Å². The normalized spacial score (nSPS) is 23.2. The molecule has 7 heteroatoms. The van der Waals surface area contributed by atoms with Gasteiger partial charge in [0.25, 0.3) is 0 Å². The molecule has 1 aliphatic carbocycles. The molecular weight excluding hydrogens is 295 g/mol. The number of halogens is 1. The van der Waals surface area contributed by atoms with E-state index in [9.17, 15) is 17.9 Å². The zero-order valence-corrected chi connectivity index (χ0v) is 12.8. The van der Waals surface area contributed by atoms with E-state index in [1.54, 1.807) is 0 Å². The van der Waals surface area contributed by atoms with E-state index >= 15 is 0 Å². The second-order valence-corrected chi connectivity index (χ2v) is 7.40. The predicted octanol–water partition coefficient (Wildman–Crippen LogP) is 1.55. The summed E-state index contributed by atoms with van der Waals surface area (Å²) in [5.74, 6) is -0.529. The van der Waals surface area contributed by atoms with Crippen LogP contribution in [0.2, 0.25) is 0 Å². The molecule has 118 valence electrons. The monoisotopic (exact) mass is 316 g/mol. The third-order valence-electron chi connectivity index (χ3n) is 3.93. The summed E-state index contributed by atoms with van der Waals surface area (Å²) in [4.78, 5) is -0.128. The van der Waals surface area contributed by atoms with Crippen molar-refractivity contribution < 1.29 is 17.9 Å². The number of sulfonamides is 1. The SMILES string of the molecule is Cc1c(F)cc(N)cc1S(=O)(=O)NCC1CCCC(O)C1. The quantitative estimate of drug-likeness (QED) is 0.735. The highest BCUT2D eigenvalue weighted by atomic mass is 32.2. The van der Waals surface area contributed by atoms with Crippen LogP contribution in [-0.2, 0) is 10.0 Å². The first kappa shape index (κ1) is 16.2. The molecule has 2 unspecified atom stereocenters. The maximum Gasteiger partial charge on any atom is 0.241 e. The average Bonchev–Trinajstić information content (AvgIpc) is 2.41. The Bertz CT molecular complexity index is 619. The van der Waals surface area contributed by atoms with Crippen molar-refractivity contribution in [2.45, 2.75) is 43.6 Å². The predicted molar refractivity (Wildman–Crippen MR) is 78.7 cm³/mol. The molecule has 1 aromatic carbocycles. The topological polar surface area (TPSA) is 92.4 Å². The van der Waals surface area contributed by atoms with E-state index in [2.05, 4.69) is 4.72 Å². The van der Waals surface area contributed by atoms with Gasteiger partial charge in [0.2, 0.25) is 10.0 Å². The molecule has 1 aromatic rings. The molecule has 21 heavy (non-hydrogen) atoms. The summed E-state index contributed by atoms with van der Waals surface area (Å²) in [5, 5.41) is 9.60. The van der Waals surface area contributed by atoms with Gasteiger partial charge < -0.3 is 10.8 Å². The van der Waals surface area contributed by atoms with Gasteiger partial charge in [-0.15, -0.1) is 0 Å². The number of benzene rings is 1. The van der Waals surface area contributed by atoms with Crippen LogP contribution in [0.25, 0.3) is 0 Å². The lowest BCUT2D eigenvalue weighted by molar-refractivity contribution is 0.102. The summed E-state index contributed by atoms with van der Waals surface area (Å²) in [6, 6.07) is 2.36. The molecule has 0 spiro atoms. The minimum atomic E-state index is -3.80. The van der Waals surface area contributed by atoms with E-state index in [0.717, 1.165) is 25.3 Å². The van der Waals surface area contributed by atoms with Crippen molar-refractivity contribution in [2.24, 2.45) is 5.92 Å². The second-order valence-electron chi connectivity index (χ2n) is 5.66. The number of aliphatic hydroxyl groups is 1. The van der Waals surface area contributed by atoms with E-state index in [1.807, 2.05) is 0 Å². The van der Waals surface area contributed by atoms with Gasteiger partial charge in [-0.2, -0.15) is 0 Å². The van der Waals surface area contributed by atoms with Crippen LogP contribution in [0.5, 0.6) is 0 Å². The zero-order chi connectivity index (χ0) is 15.6. The molecule has 0 aliphatic heterocycles. The second kappa shape index (κ2) is 6.29. The molecule has 0 radical (unpaired) electrons. The van der Waals surface area contributed by atoms with E-state index in [4.69, 9.17) is 5.73 Å². The van der Waals surface area contributed by atoms with E-state index < -0.39 is 15.8 Å². The molecule has 1 aliphatic rings. The van der Waals surface area contributed by atoms with E-state index in [0.29, 0.717) is 6.42 Å². The van der Waals surface area contributed by atoms with Gasteiger partial charge in [-0.25, -0.2) is 17.5 Å². The average molecular weight is 316 g/mol. The molecule has 4 N–H and O–H groups in total. The lowest BCUT2D eigenvalue weighted by atomic mass is 9.87. The van der Waals surface area contributed by atoms with Gasteiger partial charge in [0, 0.05) is 17.8 Å². The molecule has 0 aromatic heterocycles. The number of rotatable bonds is 4. The van der Waals surface area contributed by atoms with Crippen LogP contribution in [0.1, 0.15) is 31.2 Å². The third-order valence-corrected chi connectivity index (χ3v) is 5.48.